The van der Waals surface area contributed by atoms with Crippen LogP contribution in [0.2, 0.25) is 0 Å². The second-order valence-electron chi connectivity index (χ2n) is 4.15. The lowest BCUT2D eigenvalue weighted by atomic mass is 10.3. The molecule has 1 rings (SSSR count). The van der Waals surface area contributed by atoms with E-state index in [0.717, 1.165) is 12.1 Å². The first kappa shape index (κ1) is 17.8. The molecule has 1 atom stereocenters. The molecule has 0 aliphatic heterocycles. The number of nitrogens with one attached hydrogen (secondary N) is 1. The van der Waals surface area contributed by atoms with Crippen LogP contribution in [0.25, 0.3) is 0 Å². The number of benzene rings is 1. The number of nitro groups is 1. The molecular weight excluding hydrogens is 351 g/mol. The number of nitro benzene ring substituents is 1. The van der Waals surface area contributed by atoms with Crippen LogP contribution in [-0.4, -0.2) is 49.5 Å². The van der Waals surface area contributed by atoms with Gasteiger partial charge in [-0.3, -0.25) is 10.1 Å². The Hall–Kier alpha value is -1.29. The predicted molar refractivity (Wildman–Crippen MR) is 77.0 cm³/mol. The number of nitrogens with zero attached hydrogens (tertiary/aromatic N) is 1. The van der Waals surface area contributed by atoms with Crippen molar-refractivity contribution in [2.45, 2.75) is 6.10 Å². The second-order valence-corrected chi connectivity index (χ2v) is 5.01. The van der Waals surface area contributed by atoms with Crippen molar-refractivity contribution in [2.75, 3.05) is 33.4 Å². The number of rotatable bonds is 9. The van der Waals surface area contributed by atoms with Crippen molar-refractivity contribution in [1.82, 2.24) is 5.32 Å². The first-order valence-electron chi connectivity index (χ1n) is 6.09. The zero-order chi connectivity index (χ0) is 15.8. The Balaban J connectivity index is 2.60. The first-order valence-corrected chi connectivity index (χ1v) is 6.89. The zero-order valence-electron chi connectivity index (χ0n) is 11.3. The molecule has 118 valence electrons. The maximum atomic E-state index is 13.1. The molecule has 21 heavy (non-hydrogen) atoms. The van der Waals surface area contributed by atoms with Gasteiger partial charge in [0.15, 0.2) is 0 Å². The molecule has 1 unspecified atom stereocenters. The SMILES string of the molecule is COCCNCC(O)COc1c(Br)cc(F)cc1[N+](=O)[O-]. The number of hydrogen-bond acceptors (Lipinski definition) is 6. The third kappa shape index (κ3) is 5.92. The third-order valence-corrected chi connectivity index (χ3v) is 3.06. The highest BCUT2D eigenvalue weighted by atomic mass is 79.9. The van der Waals surface area contributed by atoms with Crippen LogP contribution < -0.4 is 10.1 Å². The summed E-state index contributed by atoms with van der Waals surface area (Å²) in [5.41, 5.74) is -0.499. The molecule has 0 aliphatic rings. The Morgan fingerprint density at radius 1 is 1.57 bits per heavy atom. The number of ether oxygens (including phenoxy) is 2. The van der Waals surface area contributed by atoms with Crippen LogP contribution >= 0.6 is 15.9 Å². The van der Waals surface area contributed by atoms with Gasteiger partial charge in [0, 0.05) is 20.2 Å². The van der Waals surface area contributed by atoms with E-state index in [4.69, 9.17) is 9.47 Å². The van der Waals surface area contributed by atoms with Crippen LogP contribution in [0.1, 0.15) is 0 Å². The van der Waals surface area contributed by atoms with Crippen molar-refractivity contribution >= 4 is 21.6 Å². The molecule has 0 saturated carbocycles. The number of halogens is 2. The average Bonchev–Trinajstić information content (AvgIpc) is 2.41. The van der Waals surface area contributed by atoms with E-state index in [1.807, 2.05) is 0 Å². The Morgan fingerprint density at radius 2 is 2.29 bits per heavy atom. The Labute approximate surface area is 129 Å². The van der Waals surface area contributed by atoms with Crippen LogP contribution in [0.4, 0.5) is 10.1 Å². The van der Waals surface area contributed by atoms with E-state index in [2.05, 4.69) is 21.2 Å². The summed E-state index contributed by atoms with van der Waals surface area (Å²) in [5.74, 6) is -0.861. The quantitative estimate of drug-likeness (QED) is 0.390. The van der Waals surface area contributed by atoms with Gasteiger partial charge in [-0.2, -0.15) is 0 Å². The van der Waals surface area contributed by atoms with Gasteiger partial charge in [-0.05, 0) is 22.0 Å². The fourth-order valence-electron chi connectivity index (χ4n) is 1.51. The van der Waals surface area contributed by atoms with E-state index in [-0.39, 0.29) is 23.4 Å². The highest BCUT2D eigenvalue weighted by Gasteiger charge is 2.21. The normalized spacial score (nSPS) is 12.2. The van der Waals surface area contributed by atoms with Gasteiger partial charge in [0.2, 0.25) is 5.75 Å². The third-order valence-electron chi connectivity index (χ3n) is 2.47. The highest BCUT2D eigenvalue weighted by Crippen LogP contribution is 2.35. The lowest BCUT2D eigenvalue weighted by molar-refractivity contribution is -0.386. The van der Waals surface area contributed by atoms with Crippen LogP contribution in [-0.2, 0) is 4.74 Å². The molecule has 0 bridgehead atoms. The standard InChI is InChI=1S/C12H16BrFN2O5/c1-20-3-2-15-6-9(17)7-21-12-10(13)4-8(14)5-11(12)16(18)19/h4-5,9,15,17H,2-3,6-7H2,1H3. The average molecular weight is 367 g/mol. The van der Waals surface area contributed by atoms with Gasteiger partial charge in [-0.15, -0.1) is 0 Å². The van der Waals surface area contributed by atoms with Crippen molar-refractivity contribution in [3.63, 3.8) is 0 Å². The molecule has 0 saturated heterocycles. The first-order chi connectivity index (χ1) is 9.95. The van der Waals surface area contributed by atoms with E-state index in [0.29, 0.717) is 13.2 Å². The second kappa shape index (κ2) is 8.88. The van der Waals surface area contributed by atoms with Gasteiger partial charge in [-0.25, -0.2) is 4.39 Å². The lowest BCUT2D eigenvalue weighted by Gasteiger charge is -2.14. The van der Waals surface area contributed by atoms with Gasteiger partial charge >= 0.3 is 5.69 Å². The lowest BCUT2D eigenvalue weighted by Crippen LogP contribution is -2.33. The fourth-order valence-corrected chi connectivity index (χ4v) is 2.04. The fraction of sp³-hybridized carbons (Fsp3) is 0.500. The minimum Gasteiger partial charge on any atom is -0.483 e. The van der Waals surface area contributed by atoms with E-state index < -0.39 is 22.5 Å². The molecule has 0 aromatic heterocycles. The maximum absolute atomic E-state index is 13.1. The molecule has 2 N–H and O–H groups in total. The molecule has 0 spiro atoms. The molecule has 0 heterocycles. The Bertz CT molecular complexity index is 489. The molecule has 0 radical (unpaired) electrons. The van der Waals surface area contributed by atoms with Crippen molar-refractivity contribution in [3.8, 4) is 5.75 Å². The monoisotopic (exact) mass is 366 g/mol. The van der Waals surface area contributed by atoms with Crippen LogP contribution in [0.5, 0.6) is 5.75 Å². The van der Waals surface area contributed by atoms with Crippen molar-refractivity contribution in [3.05, 3.63) is 32.5 Å². The largest absolute Gasteiger partial charge is 0.483 e. The topological polar surface area (TPSA) is 93.9 Å². The van der Waals surface area contributed by atoms with E-state index >= 15 is 0 Å². The molecular formula is C12H16BrFN2O5. The molecule has 0 aliphatic carbocycles. The molecule has 0 amide bonds. The number of hydrogen-bond donors (Lipinski definition) is 2. The summed E-state index contributed by atoms with van der Waals surface area (Å²) in [4.78, 5) is 10.1. The van der Waals surface area contributed by atoms with Crippen LogP contribution in [0.15, 0.2) is 16.6 Å². The summed E-state index contributed by atoms with van der Waals surface area (Å²) in [6.45, 7) is 1.15. The summed E-state index contributed by atoms with van der Waals surface area (Å²) >= 11 is 3.01. The van der Waals surface area contributed by atoms with Gasteiger partial charge < -0.3 is 19.9 Å². The van der Waals surface area contributed by atoms with Crippen molar-refractivity contribution in [2.24, 2.45) is 0 Å². The number of aliphatic hydroxyl groups excluding tert-OH is 1. The highest BCUT2D eigenvalue weighted by molar-refractivity contribution is 9.10. The minimum absolute atomic E-state index is 0.114. The number of methoxy groups -OCH3 is 1. The van der Waals surface area contributed by atoms with Gasteiger partial charge in [0.25, 0.3) is 0 Å². The van der Waals surface area contributed by atoms with E-state index in [9.17, 15) is 19.6 Å². The summed E-state index contributed by atoms with van der Waals surface area (Å²) < 4.78 is 23.3. The molecule has 0 fully saturated rings. The van der Waals surface area contributed by atoms with Crippen LogP contribution in [0.3, 0.4) is 0 Å². The summed E-state index contributed by atoms with van der Waals surface area (Å²) in [6, 6.07) is 1.83. The van der Waals surface area contributed by atoms with Gasteiger partial charge in [0.1, 0.15) is 18.5 Å². The molecule has 9 heteroatoms. The Morgan fingerprint density at radius 3 is 2.90 bits per heavy atom. The maximum Gasteiger partial charge on any atom is 0.315 e. The van der Waals surface area contributed by atoms with E-state index in [1.54, 1.807) is 7.11 Å². The smallest absolute Gasteiger partial charge is 0.315 e. The summed E-state index contributed by atoms with van der Waals surface area (Å²) in [6.07, 6.45) is -0.863. The van der Waals surface area contributed by atoms with Crippen molar-refractivity contribution in [1.29, 1.82) is 0 Å². The molecule has 1 aromatic rings. The molecule has 7 nitrogen and oxygen atoms in total. The summed E-state index contributed by atoms with van der Waals surface area (Å²) in [5, 5.41) is 23.5. The van der Waals surface area contributed by atoms with Gasteiger partial charge in [-0.1, -0.05) is 0 Å². The van der Waals surface area contributed by atoms with Crippen molar-refractivity contribution < 1.29 is 23.9 Å². The number of aliphatic hydroxyl groups is 1. The minimum atomic E-state index is -0.863. The zero-order valence-corrected chi connectivity index (χ0v) is 12.9. The predicted octanol–water partition coefficient (Wildman–Crippen LogP) is 1.47. The Kier molecular flexibility index (Phi) is 7.51. The van der Waals surface area contributed by atoms with E-state index in [1.165, 1.54) is 0 Å². The summed E-state index contributed by atoms with van der Waals surface area (Å²) in [7, 11) is 1.56. The molecule has 1 aromatic carbocycles. The van der Waals surface area contributed by atoms with Crippen LogP contribution in [0, 0.1) is 15.9 Å². The van der Waals surface area contributed by atoms with Gasteiger partial charge in [0.05, 0.1) is 22.1 Å².